The van der Waals surface area contributed by atoms with Crippen molar-refractivity contribution in [2.24, 2.45) is 5.90 Å². The molecule has 0 aliphatic carbocycles. The second-order valence-corrected chi connectivity index (χ2v) is 4.13. The van der Waals surface area contributed by atoms with E-state index in [9.17, 15) is 4.79 Å². The number of rotatable bonds is 4. The van der Waals surface area contributed by atoms with Crippen molar-refractivity contribution in [3.05, 3.63) is 34.3 Å². The Morgan fingerprint density at radius 1 is 1.67 bits per heavy atom. The highest BCUT2D eigenvalue weighted by atomic mass is 79.9. The molecule has 0 aromatic heterocycles. The van der Waals surface area contributed by atoms with Crippen LogP contribution in [-0.4, -0.2) is 18.6 Å². The molecule has 0 saturated heterocycles. The molecule has 0 bridgehead atoms. The first-order chi connectivity index (χ1) is 7.13. The van der Waals surface area contributed by atoms with Crippen LogP contribution in [0.1, 0.15) is 17.3 Å². The monoisotopic (exact) mass is 272 g/mol. The zero-order valence-electron chi connectivity index (χ0n) is 8.37. The molecule has 0 radical (unpaired) electrons. The van der Waals surface area contributed by atoms with Gasteiger partial charge in [0.2, 0.25) is 0 Å². The van der Waals surface area contributed by atoms with Crippen molar-refractivity contribution in [2.75, 3.05) is 6.61 Å². The van der Waals surface area contributed by atoms with Gasteiger partial charge in [-0.1, -0.05) is 22.0 Å². The van der Waals surface area contributed by atoms with Crippen LogP contribution in [0.4, 0.5) is 0 Å². The van der Waals surface area contributed by atoms with Gasteiger partial charge >= 0.3 is 0 Å². The fourth-order valence-electron chi connectivity index (χ4n) is 1.12. The van der Waals surface area contributed by atoms with Crippen LogP contribution in [0.15, 0.2) is 28.7 Å². The normalized spacial score (nSPS) is 12.2. The molecular weight excluding hydrogens is 260 g/mol. The van der Waals surface area contributed by atoms with Gasteiger partial charge < -0.3 is 10.2 Å². The van der Waals surface area contributed by atoms with Gasteiger partial charge in [-0.05, 0) is 25.1 Å². The summed E-state index contributed by atoms with van der Waals surface area (Å²) in [6.07, 6.45) is 0. The summed E-state index contributed by atoms with van der Waals surface area (Å²) in [4.78, 5) is 16.1. The molecule has 0 aliphatic rings. The van der Waals surface area contributed by atoms with Crippen LogP contribution in [-0.2, 0) is 4.84 Å². The van der Waals surface area contributed by atoms with Crippen LogP contribution in [0.25, 0.3) is 0 Å². The summed E-state index contributed by atoms with van der Waals surface area (Å²) in [7, 11) is 0. The summed E-state index contributed by atoms with van der Waals surface area (Å²) in [6.45, 7) is 2.11. The molecule has 5 heteroatoms. The van der Waals surface area contributed by atoms with Gasteiger partial charge in [0.25, 0.3) is 5.91 Å². The number of carbonyl (C=O) groups is 1. The first kappa shape index (κ1) is 12.2. The summed E-state index contributed by atoms with van der Waals surface area (Å²) in [5.41, 5.74) is 0.605. The van der Waals surface area contributed by atoms with Crippen LogP contribution >= 0.6 is 15.9 Å². The summed E-state index contributed by atoms with van der Waals surface area (Å²) in [5, 5.41) is 2.76. The zero-order valence-corrected chi connectivity index (χ0v) is 9.95. The third-order valence-corrected chi connectivity index (χ3v) is 2.30. The van der Waals surface area contributed by atoms with E-state index >= 15 is 0 Å². The Morgan fingerprint density at radius 3 is 3.00 bits per heavy atom. The smallest absolute Gasteiger partial charge is 0.251 e. The number of benzene rings is 1. The topological polar surface area (TPSA) is 64.3 Å². The van der Waals surface area contributed by atoms with E-state index in [2.05, 4.69) is 26.1 Å². The summed E-state index contributed by atoms with van der Waals surface area (Å²) in [5.74, 6) is 4.77. The van der Waals surface area contributed by atoms with E-state index in [1.807, 2.05) is 19.1 Å². The van der Waals surface area contributed by atoms with Crippen molar-refractivity contribution in [1.82, 2.24) is 5.32 Å². The number of hydrogen-bond acceptors (Lipinski definition) is 3. The van der Waals surface area contributed by atoms with E-state index in [0.717, 1.165) is 4.47 Å². The molecule has 4 nitrogen and oxygen atoms in total. The highest BCUT2D eigenvalue weighted by molar-refractivity contribution is 9.10. The number of hydrogen-bond donors (Lipinski definition) is 2. The minimum absolute atomic E-state index is 0.110. The molecule has 1 atom stereocenters. The number of amides is 1. The standard InChI is InChI=1S/C10H13BrN2O2/c1-7(6-15-12)13-10(14)8-3-2-4-9(11)5-8/h2-5,7H,6,12H2,1H3,(H,13,14). The van der Waals surface area contributed by atoms with E-state index in [-0.39, 0.29) is 11.9 Å². The lowest BCUT2D eigenvalue weighted by Gasteiger charge is -2.12. The quantitative estimate of drug-likeness (QED) is 0.816. The third kappa shape index (κ3) is 3.99. The molecule has 0 saturated carbocycles. The molecule has 1 aromatic rings. The molecule has 0 aliphatic heterocycles. The first-order valence-electron chi connectivity index (χ1n) is 4.51. The summed E-state index contributed by atoms with van der Waals surface area (Å²) in [6, 6.07) is 7.06. The number of halogens is 1. The first-order valence-corrected chi connectivity index (χ1v) is 5.31. The van der Waals surface area contributed by atoms with Crippen molar-refractivity contribution in [2.45, 2.75) is 13.0 Å². The van der Waals surface area contributed by atoms with Crippen molar-refractivity contribution < 1.29 is 9.63 Å². The van der Waals surface area contributed by atoms with Crippen LogP contribution in [0.5, 0.6) is 0 Å². The van der Waals surface area contributed by atoms with Gasteiger partial charge in [0.15, 0.2) is 0 Å². The average Bonchev–Trinajstić information content (AvgIpc) is 2.18. The van der Waals surface area contributed by atoms with Gasteiger partial charge in [-0.15, -0.1) is 0 Å². The lowest BCUT2D eigenvalue weighted by Crippen LogP contribution is -2.36. The molecule has 3 N–H and O–H groups in total. The maximum atomic E-state index is 11.7. The molecule has 1 unspecified atom stereocenters. The fraction of sp³-hybridized carbons (Fsp3) is 0.300. The maximum absolute atomic E-state index is 11.7. The molecule has 0 spiro atoms. The lowest BCUT2D eigenvalue weighted by atomic mass is 10.2. The van der Waals surface area contributed by atoms with Gasteiger partial charge in [0, 0.05) is 10.0 Å². The van der Waals surface area contributed by atoms with E-state index in [4.69, 9.17) is 5.90 Å². The molecule has 0 heterocycles. The molecule has 1 aromatic carbocycles. The van der Waals surface area contributed by atoms with Crippen molar-refractivity contribution >= 4 is 21.8 Å². The van der Waals surface area contributed by atoms with E-state index in [0.29, 0.717) is 12.2 Å². The van der Waals surface area contributed by atoms with Crippen LogP contribution in [0, 0.1) is 0 Å². The molecule has 1 amide bonds. The maximum Gasteiger partial charge on any atom is 0.251 e. The average molecular weight is 273 g/mol. The Morgan fingerprint density at radius 2 is 2.40 bits per heavy atom. The van der Waals surface area contributed by atoms with E-state index < -0.39 is 0 Å². The Labute approximate surface area is 96.9 Å². The van der Waals surface area contributed by atoms with Crippen molar-refractivity contribution in [1.29, 1.82) is 0 Å². The largest absolute Gasteiger partial charge is 0.347 e. The fourth-order valence-corrected chi connectivity index (χ4v) is 1.52. The molecule has 82 valence electrons. The lowest BCUT2D eigenvalue weighted by molar-refractivity contribution is 0.0857. The van der Waals surface area contributed by atoms with Crippen molar-refractivity contribution in [3.63, 3.8) is 0 Å². The summed E-state index contributed by atoms with van der Waals surface area (Å²) >= 11 is 3.30. The highest BCUT2D eigenvalue weighted by Crippen LogP contribution is 2.11. The Bertz CT molecular complexity index is 344. The predicted octanol–water partition coefficient (Wildman–Crippen LogP) is 1.46. The Balaban J connectivity index is 2.61. The Hall–Kier alpha value is -0.910. The van der Waals surface area contributed by atoms with E-state index in [1.165, 1.54) is 0 Å². The third-order valence-electron chi connectivity index (χ3n) is 1.81. The van der Waals surface area contributed by atoms with Gasteiger partial charge in [0.1, 0.15) is 0 Å². The molecular formula is C10H13BrN2O2. The number of nitrogens with one attached hydrogen (secondary N) is 1. The van der Waals surface area contributed by atoms with Crippen LogP contribution in [0.3, 0.4) is 0 Å². The number of carbonyl (C=O) groups excluding carboxylic acids is 1. The molecule has 0 fully saturated rings. The van der Waals surface area contributed by atoms with Gasteiger partial charge in [-0.3, -0.25) is 4.79 Å². The SMILES string of the molecule is CC(CON)NC(=O)c1cccc(Br)c1. The highest BCUT2D eigenvalue weighted by Gasteiger charge is 2.09. The van der Waals surface area contributed by atoms with Crippen LogP contribution < -0.4 is 11.2 Å². The second-order valence-electron chi connectivity index (χ2n) is 3.22. The molecule has 15 heavy (non-hydrogen) atoms. The van der Waals surface area contributed by atoms with Crippen molar-refractivity contribution in [3.8, 4) is 0 Å². The van der Waals surface area contributed by atoms with Gasteiger partial charge in [0.05, 0.1) is 12.6 Å². The minimum Gasteiger partial charge on any atom is -0.347 e. The van der Waals surface area contributed by atoms with Gasteiger partial charge in [-0.25, -0.2) is 5.90 Å². The van der Waals surface area contributed by atoms with Gasteiger partial charge in [-0.2, -0.15) is 0 Å². The van der Waals surface area contributed by atoms with E-state index in [1.54, 1.807) is 12.1 Å². The second kappa shape index (κ2) is 5.85. The van der Waals surface area contributed by atoms with Crippen LogP contribution in [0.2, 0.25) is 0 Å². The Kier molecular flexibility index (Phi) is 4.74. The molecule has 1 rings (SSSR count). The number of nitrogens with two attached hydrogens (primary N) is 1. The predicted molar refractivity (Wildman–Crippen MR) is 61.2 cm³/mol. The minimum atomic E-state index is -0.138. The summed E-state index contributed by atoms with van der Waals surface area (Å²) < 4.78 is 0.873. The zero-order chi connectivity index (χ0) is 11.3.